The van der Waals surface area contributed by atoms with Gasteiger partial charge >= 0.3 is 7.82 Å². The molecule has 0 amide bonds. The third-order valence-corrected chi connectivity index (χ3v) is 5.16. The van der Waals surface area contributed by atoms with Gasteiger partial charge in [0.25, 0.3) is 0 Å². The smallest absolute Gasteiger partial charge is 0.469 e. The van der Waals surface area contributed by atoms with Gasteiger partial charge in [0.05, 0.1) is 12.9 Å². The van der Waals surface area contributed by atoms with Gasteiger partial charge in [-0.15, -0.1) is 0 Å². The van der Waals surface area contributed by atoms with Crippen LogP contribution in [-0.2, 0) is 20.4 Å². The van der Waals surface area contributed by atoms with Gasteiger partial charge in [0.2, 0.25) is 6.29 Å². The molecule has 3 aromatic rings. The molecule has 4 rings (SSSR count). The number of aromatic nitrogens is 4. The summed E-state index contributed by atoms with van der Waals surface area (Å²) in [6.07, 6.45) is -2.79. The number of hydrogen-bond donors (Lipinski definition) is 7. The molecule has 15 heteroatoms. The number of aliphatic hydroxyl groups excluding tert-OH is 2. The van der Waals surface area contributed by atoms with Gasteiger partial charge in [-0.25, -0.2) is 19.5 Å². The predicted octanol–water partition coefficient (Wildman–Crippen LogP) is -0.395. The SMILES string of the molecule is O=P(O)(O)OC[C@H]1OC(Oc2ccc(CNc3ncnc4nc[nH]c34)cc2O)[C@H](O)[C@@H]1O. The number of nitrogens with zero attached hydrogens (tertiary/aromatic N) is 3. The van der Waals surface area contributed by atoms with Crippen molar-refractivity contribution in [3.8, 4) is 11.5 Å². The zero-order chi connectivity index (χ0) is 22.9. The van der Waals surface area contributed by atoms with Gasteiger partial charge in [-0.3, -0.25) is 4.52 Å². The fourth-order valence-corrected chi connectivity index (χ4v) is 3.44. The van der Waals surface area contributed by atoms with Crippen LogP contribution >= 0.6 is 7.82 Å². The standard InChI is InChI=1S/C17H20N5O9P/c23-9-3-8(4-18-15-12-16(20-6-19-12)22-7-21-15)1-2-10(9)30-17-14(25)13(24)11(31-17)5-29-32(26,27)28/h1-3,6-7,11,13-14,17,23-25H,4-5H2,(H2,26,27,28)(H2,18,19,20,21,22)/t11-,13-,14-,17?/m1/s1. The second-order valence-electron chi connectivity index (χ2n) is 6.91. The topological polar surface area (TPSA) is 212 Å². The molecular weight excluding hydrogens is 449 g/mol. The summed E-state index contributed by atoms with van der Waals surface area (Å²) in [6.45, 7) is -0.354. The first-order valence-electron chi connectivity index (χ1n) is 9.29. The monoisotopic (exact) mass is 469 g/mol. The lowest BCUT2D eigenvalue weighted by Gasteiger charge is -2.18. The number of fused-ring (bicyclic) bond motifs is 1. The van der Waals surface area contributed by atoms with E-state index in [0.717, 1.165) is 0 Å². The van der Waals surface area contributed by atoms with Crippen LogP contribution in [0, 0.1) is 0 Å². The maximum Gasteiger partial charge on any atom is 0.469 e. The van der Waals surface area contributed by atoms with Crippen molar-refractivity contribution < 1.29 is 43.7 Å². The Morgan fingerprint density at radius 1 is 1.19 bits per heavy atom. The minimum atomic E-state index is -4.78. The maximum atomic E-state index is 10.8. The van der Waals surface area contributed by atoms with Crippen molar-refractivity contribution in [2.75, 3.05) is 11.9 Å². The molecule has 172 valence electrons. The third-order valence-electron chi connectivity index (χ3n) is 4.67. The largest absolute Gasteiger partial charge is 0.504 e. The molecule has 0 radical (unpaired) electrons. The maximum absolute atomic E-state index is 10.8. The van der Waals surface area contributed by atoms with E-state index in [2.05, 4.69) is 29.8 Å². The van der Waals surface area contributed by atoms with Gasteiger partial charge in [0.1, 0.15) is 30.2 Å². The van der Waals surface area contributed by atoms with Crippen LogP contribution in [0.3, 0.4) is 0 Å². The molecule has 7 N–H and O–H groups in total. The van der Waals surface area contributed by atoms with Crippen molar-refractivity contribution in [1.29, 1.82) is 0 Å². The van der Waals surface area contributed by atoms with Crippen LogP contribution in [-0.4, -0.2) is 76.3 Å². The van der Waals surface area contributed by atoms with Gasteiger partial charge in [-0.05, 0) is 17.7 Å². The minimum Gasteiger partial charge on any atom is -0.504 e. The molecule has 3 heterocycles. The summed E-state index contributed by atoms with van der Waals surface area (Å²) in [4.78, 5) is 32.7. The first-order chi connectivity index (χ1) is 15.2. The summed E-state index contributed by atoms with van der Waals surface area (Å²) in [6, 6.07) is 4.53. The average molecular weight is 469 g/mol. The van der Waals surface area contributed by atoms with Gasteiger partial charge in [0, 0.05) is 6.54 Å². The number of rotatable bonds is 8. The number of phenolic OH excluding ortho intramolecular Hbond substituents is 1. The van der Waals surface area contributed by atoms with Gasteiger partial charge < -0.3 is 44.9 Å². The Labute approximate surface area is 180 Å². The number of imidazole rings is 1. The number of H-pyrrole nitrogens is 1. The number of hydrogen-bond acceptors (Lipinski definition) is 11. The minimum absolute atomic E-state index is 0.0282. The molecule has 0 saturated carbocycles. The number of anilines is 1. The number of benzene rings is 1. The van der Waals surface area contributed by atoms with E-state index in [0.29, 0.717) is 29.1 Å². The lowest BCUT2D eigenvalue weighted by Crippen LogP contribution is -2.35. The summed E-state index contributed by atoms with van der Waals surface area (Å²) in [7, 11) is -4.78. The zero-order valence-electron chi connectivity index (χ0n) is 16.3. The van der Waals surface area contributed by atoms with E-state index in [9.17, 15) is 19.9 Å². The fourth-order valence-electron chi connectivity index (χ4n) is 3.10. The normalized spacial score (nSPS) is 23.5. The Hall–Kier alpha value is -2.84. The molecule has 0 spiro atoms. The van der Waals surface area contributed by atoms with Crippen LogP contribution in [0.5, 0.6) is 11.5 Å². The number of nitrogens with one attached hydrogen (secondary N) is 2. The van der Waals surface area contributed by atoms with Gasteiger partial charge in [0.15, 0.2) is 23.0 Å². The highest BCUT2D eigenvalue weighted by atomic mass is 31.2. The molecule has 1 fully saturated rings. The first kappa shape index (κ1) is 22.4. The van der Waals surface area contributed by atoms with Crippen molar-refractivity contribution in [3.05, 3.63) is 36.4 Å². The summed E-state index contributed by atoms with van der Waals surface area (Å²) in [5.74, 6) is 0.255. The summed E-state index contributed by atoms with van der Waals surface area (Å²) < 4.78 is 25.8. The zero-order valence-corrected chi connectivity index (χ0v) is 17.2. The molecular formula is C17H20N5O9P. The van der Waals surface area contributed by atoms with Crippen molar-refractivity contribution in [2.24, 2.45) is 0 Å². The molecule has 2 aromatic heterocycles. The van der Waals surface area contributed by atoms with E-state index >= 15 is 0 Å². The summed E-state index contributed by atoms with van der Waals surface area (Å²) in [5.41, 5.74) is 1.83. The number of phenols is 1. The lowest BCUT2D eigenvalue weighted by atomic mass is 10.1. The number of aliphatic hydroxyl groups is 2. The number of phosphoric acid groups is 1. The Kier molecular flexibility index (Phi) is 6.26. The molecule has 1 aliphatic rings. The van der Waals surface area contributed by atoms with Crippen LogP contribution in [0.15, 0.2) is 30.9 Å². The second-order valence-corrected chi connectivity index (χ2v) is 8.15. The highest BCUT2D eigenvalue weighted by Crippen LogP contribution is 2.38. The Morgan fingerprint density at radius 3 is 2.75 bits per heavy atom. The predicted molar refractivity (Wildman–Crippen MR) is 106 cm³/mol. The van der Waals surface area contributed by atoms with Crippen molar-refractivity contribution in [1.82, 2.24) is 19.9 Å². The van der Waals surface area contributed by atoms with Crippen molar-refractivity contribution in [3.63, 3.8) is 0 Å². The summed E-state index contributed by atoms with van der Waals surface area (Å²) in [5, 5.41) is 33.5. The number of ether oxygens (including phenoxy) is 2. The van der Waals surface area contributed by atoms with E-state index < -0.39 is 39.0 Å². The van der Waals surface area contributed by atoms with Gasteiger partial charge in [-0.1, -0.05) is 6.07 Å². The molecule has 1 aliphatic heterocycles. The molecule has 1 unspecified atom stereocenters. The highest BCUT2D eigenvalue weighted by Gasteiger charge is 2.45. The van der Waals surface area contributed by atoms with Crippen molar-refractivity contribution >= 4 is 24.8 Å². The van der Waals surface area contributed by atoms with E-state index in [1.54, 1.807) is 6.07 Å². The number of aromatic hydroxyl groups is 1. The van der Waals surface area contributed by atoms with Crippen molar-refractivity contribution in [2.45, 2.75) is 31.1 Å². The third kappa shape index (κ3) is 4.97. The Morgan fingerprint density at radius 2 is 2.00 bits per heavy atom. The van der Waals surface area contributed by atoms with Gasteiger partial charge in [-0.2, -0.15) is 0 Å². The molecule has 14 nitrogen and oxygen atoms in total. The van der Waals surface area contributed by atoms with Crippen LogP contribution in [0.4, 0.5) is 5.82 Å². The molecule has 1 aromatic carbocycles. The molecule has 32 heavy (non-hydrogen) atoms. The average Bonchev–Trinajstić information content (AvgIpc) is 3.32. The quantitative estimate of drug-likeness (QED) is 0.210. The lowest BCUT2D eigenvalue weighted by molar-refractivity contribution is -0.116. The molecule has 0 aliphatic carbocycles. The Balaban J connectivity index is 1.38. The first-order valence-corrected chi connectivity index (χ1v) is 10.8. The number of phosphoric ester groups is 1. The molecule has 4 atom stereocenters. The highest BCUT2D eigenvalue weighted by molar-refractivity contribution is 7.46. The van der Waals surface area contributed by atoms with Crippen LogP contribution in [0.2, 0.25) is 0 Å². The fraction of sp³-hybridized carbons (Fsp3) is 0.353. The second kappa shape index (κ2) is 8.96. The van der Waals surface area contributed by atoms with Crippen LogP contribution in [0.25, 0.3) is 11.2 Å². The summed E-state index contributed by atoms with van der Waals surface area (Å²) >= 11 is 0. The number of aromatic amines is 1. The van der Waals surface area contributed by atoms with E-state index in [1.165, 1.54) is 24.8 Å². The van der Waals surface area contributed by atoms with E-state index in [1.807, 2.05) is 0 Å². The molecule has 1 saturated heterocycles. The van der Waals surface area contributed by atoms with E-state index in [4.69, 9.17) is 19.3 Å². The van der Waals surface area contributed by atoms with E-state index in [-0.39, 0.29) is 11.5 Å². The Bertz CT molecular complexity index is 1140. The molecule has 0 bridgehead atoms. The van der Waals surface area contributed by atoms with Crippen LogP contribution < -0.4 is 10.1 Å². The van der Waals surface area contributed by atoms with Crippen LogP contribution in [0.1, 0.15) is 5.56 Å².